The molecule has 1 aromatic rings. The van der Waals surface area contributed by atoms with Gasteiger partial charge in [-0.25, -0.2) is 0 Å². The molecular formula is C17H25BO3. The Morgan fingerprint density at radius 1 is 1.19 bits per heavy atom. The van der Waals surface area contributed by atoms with Crippen molar-refractivity contribution in [3.63, 3.8) is 0 Å². The van der Waals surface area contributed by atoms with Crippen molar-refractivity contribution in [2.45, 2.75) is 52.7 Å². The zero-order valence-corrected chi connectivity index (χ0v) is 13.2. The van der Waals surface area contributed by atoms with E-state index < -0.39 is 7.12 Å². The molecule has 2 aliphatic rings. The van der Waals surface area contributed by atoms with Gasteiger partial charge in [0.25, 0.3) is 0 Å². The number of hydrogen-bond acceptors (Lipinski definition) is 3. The maximum absolute atomic E-state index is 9.10. The Balaban J connectivity index is 1.64. The summed E-state index contributed by atoms with van der Waals surface area (Å²) in [5.41, 5.74) is 2.27. The summed E-state index contributed by atoms with van der Waals surface area (Å²) in [7, 11) is -1.40. The van der Waals surface area contributed by atoms with Crippen molar-refractivity contribution < 1.29 is 14.8 Å². The van der Waals surface area contributed by atoms with Crippen LogP contribution in [0.3, 0.4) is 0 Å². The first kappa shape index (κ1) is 15.1. The van der Waals surface area contributed by atoms with E-state index in [2.05, 4.69) is 20.8 Å². The van der Waals surface area contributed by atoms with Crippen LogP contribution in [0, 0.1) is 16.7 Å². The van der Waals surface area contributed by atoms with Crippen LogP contribution in [0.4, 0.5) is 0 Å². The summed E-state index contributed by atoms with van der Waals surface area (Å²) in [6.45, 7) is 7.78. The topological polar surface area (TPSA) is 49.7 Å². The smallest absolute Gasteiger partial charge is 0.423 e. The van der Waals surface area contributed by atoms with Gasteiger partial charge in [-0.1, -0.05) is 45.0 Å². The van der Waals surface area contributed by atoms with Gasteiger partial charge in [-0.2, -0.15) is 0 Å². The molecule has 3 nitrogen and oxygen atoms in total. The molecule has 4 heteroatoms. The minimum atomic E-state index is -1.40. The molecule has 3 unspecified atom stereocenters. The van der Waals surface area contributed by atoms with E-state index in [9.17, 15) is 0 Å². The largest absolute Gasteiger partial charge is 0.488 e. The standard InChI is InChI=1S/C17H25BO3/c1-16(2)13-8-9-17(16,3)15(10-13)21-11-12-4-6-14(7-5-12)18(19)20/h4-7,13,15,19-20H,8-11H2,1-3H3. The zero-order chi connectivity index (χ0) is 15.3. The minimum absolute atomic E-state index is 0.291. The first-order chi connectivity index (χ1) is 9.84. The molecule has 0 saturated heterocycles. The van der Waals surface area contributed by atoms with Crippen molar-refractivity contribution in [2.75, 3.05) is 0 Å². The Hall–Kier alpha value is -0.835. The zero-order valence-electron chi connectivity index (χ0n) is 13.2. The quantitative estimate of drug-likeness (QED) is 0.834. The Morgan fingerprint density at radius 3 is 2.33 bits per heavy atom. The molecule has 0 spiro atoms. The molecule has 0 aliphatic heterocycles. The van der Waals surface area contributed by atoms with Gasteiger partial charge >= 0.3 is 7.12 Å². The van der Waals surface area contributed by atoms with E-state index in [-0.39, 0.29) is 0 Å². The van der Waals surface area contributed by atoms with Crippen LogP contribution in [0.1, 0.15) is 45.6 Å². The van der Waals surface area contributed by atoms with Crippen LogP contribution < -0.4 is 5.46 Å². The summed E-state index contributed by atoms with van der Waals surface area (Å²) in [4.78, 5) is 0. The molecule has 21 heavy (non-hydrogen) atoms. The maximum Gasteiger partial charge on any atom is 0.488 e. The summed E-state index contributed by atoms with van der Waals surface area (Å²) in [6, 6.07) is 7.32. The van der Waals surface area contributed by atoms with E-state index in [0.717, 1.165) is 11.5 Å². The van der Waals surface area contributed by atoms with E-state index in [1.165, 1.54) is 19.3 Å². The lowest BCUT2D eigenvalue weighted by atomic mass is 9.70. The number of ether oxygens (including phenoxy) is 1. The van der Waals surface area contributed by atoms with Crippen LogP contribution in [-0.2, 0) is 11.3 Å². The second-order valence-corrected chi connectivity index (χ2v) is 7.53. The van der Waals surface area contributed by atoms with E-state index >= 15 is 0 Å². The molecule has 0 aromatic heterocycles. The first-order valence-corrected chi connectivity index (χ1v) is 7.91. The molecule has 3 rings (SSSR count). The van der Waals surface area contributed by atoms with Crippen molar-refractivity contribution >= 4 is 12.6 Å². The first-order valence-electron chi connectivity index (χ1n) is 7.91. The van der Waals surface area contributed by atoms with Gasteiger partial charge in [0.2, 0.25) is 0 Å². The van der Waals surface area contributed by atoms with Gasteiger partial charge in [0.1, 0.15) is 0 Å². The van der Waals surface area contributed by atoms with Gasteiger partial charge in [-0.3, -0.25) is 0 Å². The molecule has 2 bridgehead atoms. The highest BCUT2D eigenvalue weighted by Gasteiger charge is 2.61. The average Bonchev–Trinajstić information content (AvgIpc) is 2.78. The lowest BCUT2D eigenvalue weighted by Crippen LogP contribution is -2.37. The summed E-state index contributed by atoms with van der Waals surface area (Å²) in [5.74, 6) is 0.791. The molecule has 2 fully saturated rings. The number of rotatable bonds is 4. The highest BCUT2D eigenvalue weighted by molar-refractivity contribution is 6.58. The fourth-order valence-electron chi connectivity index (χ4n) is 4.37. The normalized spacial score (nSPS) is 33.4. The SMILES string of the molecule is CC1(C)C2CCC1(C)C(OCc1ccc(B(O)O)cc1)C2. The predicted octanol–water partition coefficient (Wildman–Crippen LogP) is 2.10. The molecule has 0 amide bonds. The molecule has 2 N–H and O–H groups in total. The predicted molar refractivity (Wildman–Crippen MR) is 84.1 cm³/mol. The van der Waals surface area contributed by atoms with Crippen LogP contribution in [0.15, 0.2) is 24.3 Å². The Morgan fingerprint density at radius 2 is 1.86 bits per heavy atom. The Labute approximate surface area is 127 Å². The highest BCUT2D eigenvalue weighted by Crippen LogP contribution is 2.66. The fourth-order valence-corrected chi connectivity index (χ4v) is 4.37. The van der Waals surface area contributed by atoms with E-state index in [0.29, 0.717) is 29.0 Å². The monoisotopic (exact) mass is 288 g/mol. The van der Waals surface area contributed by atoms with Gasteiger partial charge in [-0.05, 0) is 47.0 Å². The van der Waals surface area contributed by atoms with Gasteiger partial charge in [0, 0.05) is 0 Å². The van der Waals surface area contributed by atoms with Gasteiger partial charge in [0.15, 0.2) is 0 Å². The third-order valence-corrected chi connectivity index (χ3v) is 6.44. The van der Waals surface area contributed by atoms with Crippen molar-refractivity contribution in [3.8, 4) is 0 Å². The molecular weight excluding hydrogens is 263 g/mol. The number of benzene rings is 1. The second-order valence-electron chi connectivity index (χ2n) is 7.53. The summed E-state index contributed by atoms with van der Waals surface area (Å²) >= 11 is 0. The van der Waals surface area contributed by atoms with Crippen LogP contribution in [0.2, 0.25) is 0 Å². The van der Waals surface area contributed by atoms with E-state index in [4.69, 9.17) is 14.8 Å². The fraction of sp³-hybridized carbons (Fsp3) is 0.647. The van der Waals surface area contributed by atoms with Crippen molar-refractivity contribution in [2.24, 2.45) is 16.7 Å². The molecule has 0 radical (unpaired) electrons. The molecule has 1 aromatic carbocycles. The summed E-state index contributed by atoms with van der Waals surface area (Å²) < 4.78 is 6.24. The summed E-state index contributed by atoms with van der Waals surface area (Å²) in [5, 5.41) is 18.2. The van der Waals surface area contributed by atoms with Gasteiger partial charge < -0.3 is 14.8 Å². The third kappa shape index (κ3) is 2.34. The van der Waals surface area contributed by atoms with Crippen LogP contribution in [0.5, 0.6) is 0 Å². The Kier molecular flexibility index (Phi) is 3.67. The number of hydrogen-bond donors (Lipinski definition) is 2. The van der Waals surface area contributed by atoms with Crippen molar-refractivity contribution in [3.05, 3.63) is 29.8 Å². The number of fused-ring (bicyclic) bond motifs is 2. The van der Waals surface area contributed by atoms with E-state index in [1.807, 2.05) is 12.1 Å². The minimum Gasteiger partial charge on any atom is -0.423 e. The van der Waals surface area contributed by atoms with Crippen molar-refractivity contribution in [1.29, 1.82) is 0 Å². The molecule has 3 atom stereocenters. The molecule has 2 aliphatic carbocycles. The lowest BCUT2D eigenvalue weighted by Gasteiger charge is -2.38. The summed E-state index contributed by atoms with van der Waals surface area (Å²) in [6.07, 6.45) is 4.13. The van der Waals surface area contributed by atoms with E-state index in [1.54, 1.807) is 12.1 Å². The van der Waals surface area contributed by atoms with Crippen LogP contribution in [0.25, 0.3) is 0 Å². The lowest BCUT2D eigenvalue weighted by molar-refractivity contribution is -0.0550. The maximum atomic E-state index is 9.10. The highest BCUT2D eigenvalue weighted by atomic mass is 16.5. The average molecular weight is 288 g/mol. The second kappa shape index (κ2) is 5.11. The Bertz CT molecular complexity index is 511. The third-order valence-electron chi connectivity index (χ3n) is 6.44. The molecule has 114 valence electrons. The van der Waals surface area contributed by atoms with Gasteiger partial charge in [0.05, 0.1) is 12.7 Å². The van der Waals surface area contributed by atoms with Gasteiger partial charge in [-0.15, -0.1) is 0 Å². The molecule has 2 saturated carbocycles. The molecule has 0 heterocycles. The van der Waals surface area contributed by atoms with Crippen LogP contribution >= 0.6 is 0 Å². The van der Waals surface area contributed by atoms with Crippen molar-refractivity contribution in [1.82, 2.24) is 0 Å². The van der Waals surface area contributed by atoms with Crippen LogP contribution in [-0.4, -0.2) is 23.3 Å².